The number of hydrogen-bond donors (Lipinski definition) is 0. The van der Waals surface area contributed by atoms with Gasteiger partial charge in [-0.05, 0) is 142 Å². The molecule has 4 amide bonds. The second-order valence-electron chi connectivity index (χ2n) is 13.3. The minimum atomic E-state index is -0.366. The van der Waals surface area contributed by atoms with Gasteiger partial charge in [-0.25, -0.2) is 9.80 Å². The van der Waals surface area contributed by atoms with Crippen LogP contribution >= 0.6 is 0 Å². The van der Waals surface area contributed by atoms with Gasteiger partial charge in [-0.15, -0.1) is 0 Å². The summed E-state index contributed by atoms with van der Waals surface area (Å²) >= 11 is 0. The molecule has 0 unspecified atom stereocenters. The number of hydrogen-bond acceptors (Lipinski definition) is 6. The Bertz CT molecular complexity index is 2580. The molecule has 0 aromatic heterocycles. The Morgan fingerprint density at radius 2 is 0.796 bits per heavy atom. The Morgan fingerprint density at radius 3 is 1.24 bits per heavy atom. The van der Waals surface area contributed by atoms with Gasteiger partial charge in [0.2, 0.25) is 0 Å². The summed E-state index contributed by atoms with van der Waals surface area (Å²) in [6.45, 7) is 4.29. The maximum absolute atomic E-state index is 12.1. The van der Waals surface area contributed by atoms with Gasteiger partial charge in [-0.3, -0.25) is 19.2 Å². The molecule has 0 spiro atoms. The summed E-state index contributed by atoms with van der Waals surface area (Å²) in [6.07, 6.45) is 5.04. The fourth-order valence-corrected chi connectivity index (χ4v) is 7.41. The van der Waals surface area contributed by atoms with Gasteiger partial charge in [-0.2, -0.15) is 0 Å². The third-order valence-electron chi connectivity index (χ3n) is 9.90. The first-order valence-corrected chi connectivity index (χ1v) is 17.4. The van der Waals surface area contributed by atoms with Crippen LogP contribution < -0.4 is 19.3 Å². The number of carbonyl (C=O) groups excluding carboxylic acids is 4. The molecule has 260 valence electrons. The predicted octanol–water partition coefficient (Wildman–Crippen LogP) is 9.73. The van der Waals surface area contributed by atoms with Crippen molar-refractivity contribution in [2.45, 2.75) is 13.8 Å². The summed E-state index contributed by atoms with van der Waals surface area (Å²) in [5.41, 5.74) is 12.7. The second-order valence-corrected chi connectivity index (χ2v) is 13.3. The van der Waals surface area contributed by atoms with E-state index >= 15 is 0 Å². The third-order valence-corrected chi connectivity index (χ3v) is 9.90. The lowest BCUT2D eigenvalue weighted by Crippen LogP contribution is -2.29. The Hall–Kier alpha value is -7.32. The van der Waals surface area contributed by atoms with E-state index in [9.17, 15) is 19.2 Å². The molecule has 0 N–H and O–H groups in total. The molecule has 8 nitrogen and oxygen atoms in total. The summed E-state index contributed by atoms with van der Waals surface area (Å²) in [7, 11) is 0. The lowest BCUT2D eigenvalue weighted by molar-refractivity contribution is -0.121. The molecular weight excluding hydrogens is 677 g/mol. The van der Waals surface area contributed by atoms with Crippen LogP contribution in [0.25, 0.3) is 44.5 Å². The van der Waals surface area contributed by atoms with Crippen LogP contribution in [0.4, 0.5) is 11.4 Å². The summed E-state index contributed by atoms with van der Waals surface area (Å²) < 4.78 is 12.3. The topological polar surface area (TPSA) is 93.2 Å². The Balaban J connectivity index is 1.01. The second kappa shape index (κ2) is 12.7. The van der Waals surface area contributed by atoms with Crippen molar-refractivity contribution in [3.63, 3.8) is 0 Å². The minimum Gasteiger partial charge on any atom is -0.457 e. The zero-order valence-corrected chi connectivity index (χ0v) is 29.2. The molecule has 9 rings (SSSR count). The van der Waals surface area contributed by atoms with Crippen LogP contribution in [0.1, 0.15) is 11.1 Å². The molecule has 0 bridgehead atoms. The van der Waals surface area contributed by atoms with E-state index in [1.54, 1.807) is 48.5 Å². The average molecular weight is 707 g/mol. The number of anilines is 2. The van der Waals surface area contributed by atoms with Crippen molar-refractivity contribution in [3.8, 4) is 67.5 Å². The smallest absolute Gasteiger partial charge is 0.258 e. The van der Waals surface area contributed by atoms with E-state index in [1.807, 2.05) is 24.3 Å². The highest BCUT2D eigenvalue weighted by Crippen LogP contribution is 2.56. The Kier molecular flexibility index (Phi) is 7.67. The van der Waals surface area contributed by atoms with Gasteiger partial charge in [0.05, 0.1) is 11.4 Å². The first-order valence-electron chi connectivity index (χ1n) is 17.4. The molecule has 0 fully saturated rings. The van der Waals surface area contributed by atoms with Crippen LogP contribution in [0.5, 0.6) is 23.0 Å². The number of amides is 4. The number of benzene rings is 6. The summed E-state index contributed by atoms with van der Waals surface area (Å²) in [4.78, 5) is 50.6. The maximum atomic E-state index is 12.1. The number of rotatable bonds is 8. The van der Waals surface area contributed by atoms with Crippen LogP contribution in [-0.2, 0) is 19.2 Å². The van der Waals surface area contributed by atoms with Crippen LogP contribution in [0, 0.1) is 13.8 Å². The van der Waals surface area contributed by atoms with Crippen LogP contribution in [0.2, 0.25) is 0 Å². The van der Waals surface area contributed by atoms with E-state index in [2.05, 4.69) is 62.4 Å². The Labute approximate surface area is 310 Å². The normalized spacial score (nSPS) is 14.0. The number of aryl methyl sites for hydroxylation is 2. The molecule has 0 radical (unpaired) electrons. The SMILES string of the molecule is Cc1cccc2c1-c1cc(C)c(-c3ccc(Oc4ccc(N5C(=O)C=CC5=O)cc4)cc3)c(-c3ccc(Oc4ccc(N5C(=O)C=CC5=O)cc4)cc3)c1-2. The fourth-order valence-electron chi connectivity index (χ4n) is 7.41. The first-order chi connectivity index (χ1) is 26.2. The van der Waals surface area contributed by atoms with Crippen molar-refractivity contribution in [1.29, 1.82) is 0 Å². The highest BCUT2D eigenvalue weighted by atomic mass is 16.5. The highest BCUT2D eigenvalue weighted by molar-refractivity contribution is 6.28. The molecule has 3 aliphatic rings. The van der Waals surface area contributed by atoms with Crippen molar-refractivity contribution >= 4 is 35.0 Å². The van der Waals surface area contributed by atoms with Crippen molar-refractivity contribution in [3.05, 3.63) is 157 Å². The molecule has 6 aromatic rings. The van der Waals surface area contributed by atoms with Gasteiger partial charge in [0, 0.05) is 24.3 Å². The molecule has 2 aliphatic heterocycles. The van der Waals surface area contributed by atoms with E-state index in [0.717, 1.165) is 37.6 Å². The van der Waals surface area contributed by atoms with E-state index < -0.39 is 0 Å². The van der Waals surface area contributed by atoms with Crippen molar-refractivity contribution in [2.75, 3.05) is 9.80 Å². The number of nitrogens with zero attached hydrogens (tertiary/aromatic N) is 2. The molecule has 8 heteroatoms. The van der Waals surface area contributed by atoms with Gasteiger partial charge in [-0.1, -0.05) is 48.5 Å². The third kappa shape index (κ3) is 5.48. The molecule has 0 atom stereocenters. The minimum absolute atomic E-state index is 0.365. The summed E-state index contributed by atoms with van der Waals surface area (Å²) in [5.74, 6) is 0.994. The standard InChI is InChI=1S/C46H30N2O6/c1-27-4-3-5-37-44(27)38-26-28(2)43(29-6-14-33(15-7-29)53-35-18-10-31(11-19-35)47-39(49)22-23-40(47)50)45(46(37)38)30-8-16-34(17-9-30)54-36-20-12-32(13-21-36)48-41(51)24-25-42(48)52/h3-26H,1-2H3. The van der Waals surface area contributed by atoms with Gasteiger partial charge < -0.3 is 9.47 Å². The quantitative estimate of drug-likeness (QED) is 0.146. The van der Waals surface area contributed by atoms with E-state index in [-0.39, 0.29) is 23.6 Å². The Morgan fingerprint density at radius 1 is 0.389 bits per heavy atom. The predicted molar refractivity (Wildman–Crippen MR) is 208 cm³/mol. The lowest BCUT2D eigenvalue weighted by Gasteiger charge is -2.32. The molecule has 1 aliphatic carbocycles. The van der Waals surface area contributed by atoms with Gasteiger partial charge in [0.15, 0.2) is 0 Å². The van der Waals surface area contributed by atoms with Crippen molar-refractivity contribution in [2.24, 2.45) is 0 Å². The highest BCUT2D eigenvalue weighted by Gasteiger charge is 2.31. The molecule has 0 saturated heterocycles. The number of imide groups is 2. The fraction of sp³-hybridized carbons (Fsp3) is 0.0435. The number of carbonyl (C=O) groups is 4. The summed E-state index contributed by atoms with van der Waals surface area (Å²) in [6, 6.07) is 38.5. The molecule has 6 aromatic carbocycles. The van der Waals surface area contributed by atoms with Gasteiger partial charge >= 0.3 is 0 Å². The average Bonchev–Trinajstić information content (AvgIpc) is 3.69. The molecule has 54 heavy (non-hydrogen) atoms. The van der Waals surface area contributed by atoms with Crippen LogP contribution in [0.3, 0.4) is 0 Å². The van der Waals surface area contributed by atoms with E-state index in [4.69, 9.17) is 9.47 Å². The molecular formula is C46H30N2O6. The molecule has 0 saturated carbocycles. The first kappa shape index (κ1) is 32.6. The lowest BCUT2D eigenvalue weighted by atomic mass is 9.71. The zero-order chi connectivity index (χ0) is 37.1. The van der Waals surface area contributed by atoms with E-state index in [1.165, 1.54) is 52.1 Å². The number of ether oxygens (including phenoxy) is 2. The number of fused-ring (bicyclic) bond motifs is 4. The summed E-state index contributed by atoms with van der Waals surface area (Å²) in [5, 5.41) is 0. The molecule has 2 heterocycles. The van der Waals surface area contributed by atoms with E-state index in [0.29, 0.717) is 34.4 Å². The maximum Gasteiger partial charge on any atom is 0.258 e. The van der Waals surface area contributed by atoms with Crippen molar-refractivity contribution in [1.82, 2.24) is 0 Å². The van der Waals surface area contributed by atoms with Crippen molar-refractivity contribution < 1.29 is 28.7 Å². The zero-order valence-electron chi connectivity index (χ0n) is 29.2. The van der Waals surface area contributed by atoms with Gasteiger partial charge in [0.25, 0.3) is 23.6 Å². The largest absolute Gasteiger partial charge is 0.457 e. The monoisotopic (exact) mass is 706 g/mol. The van der Waals surface area contributed by atoms with Crippen LogP contribution in [0.15, 0.2) is 146 Å². The van der Waals surface area contributed by atoms with Gasteiger partial charge in [0.1, 0.15) is 23.0 Å². The van der Waals surface area contributed by atoms with Crippen LogP contribution in [-0.4, -0.2) is 23.6 Å².